The molecule has 2 aromatic carbocycles. The zero-order chi connectivity index (χ0) is 17.3. The van der Waals surface area contributed by atoms with E-state index < -0.39 is 32.2 Å². The number of alkyl halides is 3. The molecule has 0 radical (unpaired) electrons. The molecule has 0 heterocycles. The highest BCUT2D eigenvalue weighted by molar-refractivity contribution is 7.88. The van der Waals surface area contributed by atoms with Crippen LogP contribution in [0.15, 0.2) is 58.3 Å². The largest absolute Gasteiger partial charge is 0.534 e. The van der Waals surface area contributed by atoms with E-state index in [2.05, 4.69) is 4.18 Å². The third-order valence-electron chi connectivity index (χ3n) is 2.77. The first-order valence-corrected chi connectivity index (χ1v) is 8.76. The van der Waals surface area contributed by atoms with Gasteiger partial charge in [0.1, 0.15) is 0 Å². The molecule has 0 fully saturated rings. The van der Waals surface area contributed by atoms with Gasteiger partial charge in [-0.05, 0) is 31.2 Å². The van der Waals surface area contributed by atoms with Crippen LogP contribution in [-0.2, 0) is 20.9 Å². The van der Waals surface area contributed by atoms with Gasteiger partial charge in [0.2, 0.25) is 0 Å². The number of para-hydroxylation sites is 1. The molecule has 0 spiro atoms. The van der Waals surface area contributed by atoms with Crippen molar-refractivity contribution in [2.24, 2.45) is 0 Å². The van der Waals surface area contributed by atoms with Gasteiger partial charge in [0.25, 0.3) is 0 Å². The molecule has 0 aliphatic carbocycles. The van der Waals surface area contributed by atoms with Crippen LogP contribution in [-0.4, -0.2) is 18.1 Å². The number of aryl methyl sites for hydroxylation is 1. The van der Waals surface area contributed by atoms with Gasteiger partial charge in [-0.2, -0.15) is 21.6 Å². The zero-order valence-corrected chi connectivity index (χ0v) is 13.3. The number of halogens is 3. The molecule has 1 atom stereocenters. The molecule has 0 N–H and O–H groups in total. The van der Waals surface area contributed by atoms with E-state index in [0.29, 0.717) is 4.90 Å². The highest BCUT2D eigenvalue weighted by Gasteiger charge is 2.48. The molecule has 2 aromatic rings. The summed E-state index contributed by atoms with van der Waals surface area (Å²) in [5.41, 5.74) is -4.65. The summed E-state index contributed by atoms with van der Waals surface area (Å²) in [6.45, 7) is 1.82. The fourth-order valence-electron chi connectivity index (χ4n) is 1.63. The molecule has 2 rings (SSSR count). The lowest BCUT2D eigenvalue weighted by molar-refractivity contribution is -0.0500. The number of benzene rings is 2. The van der Waals surface area contributed by atoms with E-state index in [1.54, 1.807) is 24.3 Å². The van der Waals surface area contributed by atoms with E-state index in [4.69, 9.17) is 0 Å². The third-order valence-corrected chi connectivity index (χ3v) is 5.17. The van der Waals surface area contributed by atoms with Crippen molar-refractivity contribution in [3.05, 3.63) is 54.1 Å². The van der Waals surface area contributed by atoms with Crippen LogP contribution in [0.3, 0.4) is 0 Å². The Labute approximate surface area is 133 Å². The monoisotopic (exact) mass is 364 g/mol. The average Bonchev–Trinajstić information content (AvgIpc) is 2.46. The van der Waals surface area contributed by atoms with Crippen LogP contribution in [0.5, 0.6) is 5.75 Å². The Balaban J connectivity index is 2.42. The van der Waals surface area contributed by atoms with Crippen LogP contribution in [0.25, 0.3) is 0 Å². The molecule has 4 nitrogen and oxygen atoms in total. The first kappa shape index (κ1) is 17.5. The summed E-state index contributed by atoms with van der Waals surface area (Å²) in [5, 5.41) is 0. The maximum atomic E-state index is 12.5. The van der Waals surface area contributed by atoms with Crippen molar-refractivity contribution in [2.45, 2.75) is 22.2 Å². The summed E-state index contributed by atoms with van der Waals surface area (Å²) in [7, 11) is -7.72. The van der Waals surface area contributed by atoms with E-state index >= 15 is 0 Å². The molecule has 23 heavy (non-hydrogen) atoms. The molecule has 0 saturated heterocycles. The van der Waals surface area contributed by atoms with Crippen molar-refractivity contribution in [3.63, 3.8) is 0 Å². The molecular weight excluding hydrogens is 353 g/mol. The van der Waals surface area contributed by atoms with Crippen LogP contribution >= 0.6 is 0 Å². The lowest BCUT2D eigenvalue weighted by Crippen LogP contribution is -2.28. The minimum absolute atomic E-state index is 0.163. The van der Waals surface area contributed by atoms with Crippen LogP contribution < -0.4 is 4.18 Å². The molecule has 0 aliphatic heterocycles. The fourth-order valence-corrected chi connectivity index (χ4v) is 3.29. The van der Waals surface area contributed by atoms with Gasteiger partial charge in [-0.15, -0.1) is 0 Å². The van der Waals surface area contributed by atoms with E-state index in [1.165, 1.54) is 18.2 Å². The van der Waals surface area contributed by atoms with Crippen molar-refractivity contribution in [1.82, 2.24) is 0 Å². The summed E-state index contributed by atoms with van der Waals surface area (Å²) >= 11 is 0. The normalized spacial score (nSPS) is 13.6. The minimum Gasteiger partial charge on any atom is -0.375 e. The average molecular weight is 364 g/mol. The van der Waals surface area contributed by atoms with Gasteiger partial charge in [-0.25, -0.2) is 4.21 Å². The number of rotatable bonds is 4. The van der Waals surface area contributed by atoms with Crippen molar-refractivity contribution in [3.8, 4) is 5.75 Å². The zero-order valence-electron chi connectivity index (χ0n) is 11.7. The summed E-state index contributed by atoms with van der Waals surface area (Å²) in [4.78, 5) is 0.153. The molecule has 0 amide bonds. The maximum Gasteiger partial charge on any atom is 0.534 e. The van der Waals surface area contributed by atoms with Gasteiger partial charge in [-0.1, -0.05) is 29.8 Å². The SMILES string of the molecule is Cc1ccc(S(=O)c2ccccc2OS(=O)(=O)C(F)(F)F)cc1. The predicted octanol–water partition coefficient (Wildman–Crippen LogP) is 3.39. The Morgan fingerprint density at radius 2 is 1.57 bits per heavy atom. The smallest absolute Gasteiger partial charge is 0.375 e. The molecule has 0 aliphatic rings. The number of hydrogen-bond donors (Lipinski definition) is 0. The first-order chi connectivity index (χ1) is 10.6. The Bertz CT molecular complexity index is 828. The number of hydrogen-bond acceptors (Lipinski definition) is 4. The second-order valence-electron chi connectivity index (χ2n) is 4.51. The Morgan fingerprint density at radius 1 is 1.00 bits per heavy atom. The second kappa shape index (κ2) is 6.32. The Hall–Kier alpha value is -1.87. The molecule has 9 heteroatoms. The highest BCUT2D eigenvalue weighted by Crippen LogP contribution is 2.31. The highest BCUT2D eigenvalue weighted by atomic mass is 32.2. The summed E-state index contributed by atoms with van der Waals surface area (Å²) < 4.78 is 76.1. The van der Waals surface area contributed by atoms with Crippen LogP contribution in [0.2, 0.25) is 0 Å². The third kappa shape index (κ3) is 3.91. The first-order valence-electron chi connectivity index (χ1n) is 6.20. The minimum atomic E-state index is -5.83. The second-order valence-corrected chi connectivity index (χ2v) is 7.50. The lowest BCUT2D eigenvalue weighted by atomic mass is 10.2. The van der Waals surface area contributed by atoms with E-state index in [-0.39, 0.29) is 4.90 Å². The molecule has 0 bridgehead atoms. The van der Waals surface area contributed by atoms with Gasteiger partial charge in [0.15, 0.2) is 5.75 Å². The predicted molar refractivity (Wildman–Crippen MR) is 77.9 cm³/mol. The van der Waals surface area contributed by atoms with Gasteiger partial charge in [0.05, 0.1) is 15.7 Å². The van der Waals surface area contributed by atoms with Gasteiger partial charge < -0.3 is 4.18 Å². The van der Waals surface area contributed by atoms with Crippen molar-refractivity contribution in [2.75, 3.05) is 0 Å². The molecule has 124 valence electrons. The molecular formula is C14H11F3O4S2. The Kier molecular flexibility index (Phi) is 4.81. The van der Waals surface area contributed by atoms with Crippen LogP contribution in [0.1, 0.15) is 5.56 Å². The fraction of sp³-hybridized carbons (Fsp3) is 0.143. The lowest BCUT2D eigenvalue weighted by Gasteiger charge is -2.12. The molecule has 1 unspecified atom stereocenters. The topological polar surface area (TPSA) is 60.4 Å². The quantitative estimate of drug-likeness (QED) is 0.616. The summed E-state index contributed by atoms with van der Waals surface area (Å²) in [5.74, 6) is -0.622. The standard InChI is InChI=1S/C14H11F3O4S2/c1-10-6-8-11(9-7-10)22(18)13-5-3-2-4-12(13)21-23(19,20)14(15,16)17/h2-9H,1H3. The van der Waals surface area contributed by atoms with Crippen LogP contribution in [0.4, 0.5) is 13.2 Å². The van der Waals surface area contributed by atoms with Crippen molar-refractivity contribution >= 4 is 20.9 Å². The Morgan fingerprint density at radius 3 is 2.13 bits per heavy atom. The van der Waals surface area contributed by atoms with Crippen molar-refractivity contribution < 1.29 is 30.0 Å². The molecule has 0 aromatic heterocycles. The summed E-state index contributed by atoms with van der Waals surface area (Å²) in [6, 6.07) is 11.4. The van der Waals surface area contributed by atoms with E-state index in [0.717, 1.165) is 11.6 Å². The van der Waals surface area contributed by atoms with E-state index in [1.807, 2.05) is 6.92 Å². The van der Waals surface area contributed by atoms with Gasteiger partial charge >= 0.3 is 15.6 Å². The van der Waals surface area contributed by atoms with Crippen LogP contribution in [0, 0.1) is 6.92 Å². The summed E-state index contributed by atoms with van der Waals surface area (Å²) in [6.07, 6.45) is 0. The molecule has 0 saturated carbocycles. The van der Waals surface area contributed by atoms with Gasteiger partial charge in [-0.3, -0.25) is 0 Å². The van der Waals surface area contributed by atoms with E-state index in [9.17, 15) is 25.8 Å². The van der Waals surface area contributed by atoms with Gasteiger partial charge in [0, 0.05) is 4.90 Å². The van der Waals surface area contributed by atoms with Crippen molar-refractivity contribution in [1.29, 1.82) is 0 Å². The maximum absolute atomic E-state index is 12.5.